The highest BCUT2D eigenvalue weighted by Gasteiger charge is 2.20. The third kappa shape index (κ3) is 2.82. The summed E-state index contributed by atoms with van der Waals surface area (Å²) in [6, 6.07) is 5.77. The summed E-state index contributed by atoms with van der Waals surface area (Å²) in [5, 5.41) is 3.22. The predicted octanol–water partition coefficient (Wildman–Crippen LogP) is 2.67. The average Bonchev–Trinajstić information content (AvgIpc) is 2.90. The van der Waals surface area contributed by atoms with E-state index in [4.69, 9.17) is 0 Å². The zero-order valence-electron chi connectivity index (χ0n) is 12.5. The van der Waals surface area contributed by atoms with Crippen LogP contribution in [0.2, 0.25) is 0 Å². The van der Waals surface area contributed by atoms with E-state index in [0.29, 0.717) is 5.69 Å². The van der Waals surface area contributed by atoms with E-state index >= 15 is 0 Å². The van der Waals surface area contributed by atoms with E-state index in [-0.39, 0.29) is 11.9 Å². The van der Waals surface area contributed by atoms with Crippen LogP contribution < -0.4 is 5.32 Å². The molecule has 0 aromatic carbocycles. The molecule has 3 rings (SSSR count). The number of imidazole rings is 1. The number of fused-ring (bicyclic) bond motifs is 1. The van der Waals surface area contributed by atoms with Crippen LogP contribution in [0.4, 0.5) is 5.82 Å². The zero-order valence-corrected chi connectivity index (χ0v) is 12.5. The molecule has 0 saturated carbocycles. The number of anilines is 1. The lowest BCUT2D eigenvalue weighted by molar-refractivity contribution is 0.0951. The first-order valence-electron chi connectivity index (χ1n) is 7.48. The summed E-state index contributed by atoms with van der Waals surface area (Å²) in [5.41, 5.74) is 2.56. The molecule has 0 unspecified atom stereocenters. The number of nitrogens with one attached hydrogen (secondary N) is 1. The molecule has 5 heteroatoms. The lowest BCUT2D eigenvalue weighted by Crippen LogP contribution is -2.19. The van der Waals surface area contributed by atoms with Gasteiger partial charge in [0.15, 0.2) is 0 Å². The predicted molar refractivity (Wildman–Crippen MR) is 81.6 cm³/mol. The quantitative estimate of drug-likeness (QED) is 0.941. The van der Waals surface area contributed by atoms with Gasteiger partial charge in [-0.2, -0.15) is 0 Å². The van der Waals surface area contributed by atoms with E-state index in [0.717, 1.165) is 42.9 Å². The lowest BCUT2D eigenvalue weighted by atomic mass is 10.0. The molecule has 0 spiro atoms. The molecule has 0 radical (unpaired) electrons. The number of nitrogens with zero attached hydrogens (tertiary/aromatic N) is 3. The molecular formula is C16H20N4O. The molecule has 1 N–H and O–H groups in total. The number of carbonyl (C=O) groups is 1. The minimum Gasteiger partial charge on any atom is -0.368 e. The number of aryl methyl sites for hydroxylation is 1. The molecule has 0 atom stereocenters. The molecule has 0 amide bonds. The summed E-state index contributed by atoms with van der Waals surface area (Å²) in [5.74, 6) is 0.628. The van der Waals surface area contributed by atoms with Crippen LogP contribution in [0.1, 0.15) is 48.6 Å². The SMILES string of the molecule is CC(C)Nc1cccc(C(=O)n2cnc3c2CCCC3)n1. The third-order valence-corrected chi connectivity index (χ3v) is 3.65. The standard InChI is InChI=1S/C16H20N4O/c1-11(2)18-15-9-5-7-13(19-15)16(21)20-10-17-12-6-3-4-8-14(12)20/h5,7,9-11H,3-4,6,8H2,1-2H3,(H,18,19). The Labute approximate surface area is 124 Å². The molecule has 2 heterocycles. The van der Waals surface area contributed by atoms with Crippen LogP contribution in [0, 0.1) is 0 Å². The Morgan fingerprint density at radius 1 is 1.29 bits per heavy atom. The molecule has 1 aliphatic rings. The maximum atomic E-state index is 12.7. The van der Waals surface area contributed by atoms with Crippen molar-refractivity contribution < 1.29 is 4.79 Å². The Morgan fingerprint density at radius 2 is 2.10 bits per heavy atom. The van der Waals surface area contributed by atoms with Crippen molar-refractivity contribution in [2.45, 2.75) is 45.6 Å². The molecular weight excluding hydrogens is 264 g/mol. The van der Waals surface area contributed by atoms with Gasteiger partial charge >= 0.3 is 0 Å². The Hall–Kier alpha value is -2.17. The Morgan fingerprint density at radius 3 is 2.90 bits per heavy atom. The van der Waals surface area contributed by atoms with Gasteiger partial charge in [0.25, 0.3) is 5.91 Å². The first-order chi connectivity index (χ1) is 10.1. The van der Waals surface area contributed by atoms with E-state index in [1.54, 1.807) is 17.0 Å². The van der Waals surface area contributed by atoms with Crippen LogP contribution >= 0.6 is 0 Å². The zero-order chi connectivity index (χ0) is 14.8. The maximum Gasteiger partial charge on any atom is 0.282 e. The first kappa shape index (κ1) is 13.8. The maximum absolute atomic E-state index is 12.7. The van der Waals surface area contributed by atoms with E-state index in [2.05, 4.69) is 15.3 Å². The highest BCUT2D eigenvalue weighted by Crippen LogP contribution is 2.20. The number of hydrogen-bond acceptors (Lipinski definition) is 4. The number of aromatic nitrogens is 3. The molecule has 1 aliphatic carbocycles. The Bertz CT molecular complexity index is 660. The second-order valence-electron chi connectivity index (χ2n) is 5.73. The summed E-state index contributed by atoms with van der Waals surface area (Å²) in [4.78, 5) is 21.4. The van der Waals surface area contributed by atoms with Crippen LogP contribution in [-0.2, 0) is 12.8 Å². The fraction of sp³-hybridized carbons (Fsp3) is 0.438. The molecule has 5 nitrogen and oxygen atoms in total. The summed E-state index contributed by atoms with van der Waals surface area (Å²) in [7, 11) is 0. The van der Waals surface area contributed by atoms with Gasteiger partial charge in [-0.15, -0.1) is 0 Å². The molecule has 0 saturated heterocycles. The van der Waals surface area contributed by atoms with Crippen LogP contribution in [0.5, 0.6) is 0 Å². The van der Waals surface area contributed by atoms with Gasteiger partial charge in [0.2, 0.25) is 0 Å². The second-order valence-corrected chi connectivity index (χ2v) is 5.73. The van der Waals surface area contributed by atoms with Crippen LogP contribution in [-0.4, -0.2) is 26.5 Å². The summed E-state index contributed by atoms with van der Waals surface area (Å²) in [6.45, 7) is 4.09. The lowest BCUT2D eigenvalue weighted by Gasteiger charge is -2.13. The van der Waals surface area contributed by atoms with Gasteiger partial charge < -0.3 is 5.32 Å². The van der Waals surface area contributed by atoms with Gasteiger partial charge in [0, 0.05) is 11.7 Å². The van der Waals surface area contributed by atoms with Crippen molar-refractivity contribution in [1.29, 1.82) is 0 Å². The van der Waals surface area contributed by atoms with Crippen LogP contribution in [0.25, 0.3) is 0 Å². The molecule has 21 heavy (non-hydrogen) atoms. The van der Waals surface area contributed by atoms with Crippen molar-refractivity contribution in [2.75, 3.05) is 5.32 Å². The van der Waals surface area contributed by atoms with Gasteiger partial charge in [-0.3, -0.25) is 9.36 Å². The first-order valence-corrected chi connectivity index (χ1v) is 7.48. The number of carbonyl (C=O) groups excluding carboxylic acids is 1. The minimum atomic E-state index is -0.0990. The van der Waals surface area contributed by atoms with Crippen molar-refractivity contribution in [3.63, 3.8) is 0 Å². The molecule has 2 aromatic rings. The number of rotatable bonds is 3. The fourth-order valence-electron chi connectivity index (χ4n) is 2.70. The van der Waals surface area contributed by atoms with E-state index in [1.807, 2.05) is 26.0 Å². The number of pyridine rings is 1. The Balaban J connectivity index is 1.90. The summed E-state index contributed by atoms with van der Waals surface area (Å²) < 4.78 is 1.66. The minimum absolute atomic E-state index is 0.0990. The third-order valence-electron chi connectivity index (χ3n) is 3.65. The monoisotopic (exact) mass is 284 g/mol. The van der Waals surface area contributed by atoms with Crippen molar-refractivity contribution in [1.82, 2.24) is 14.5 Å². The molecule has 0 aliphatic heterocycles. The summed E-state index contributed by atoms with van der Waals surface area (Å²) >= 11 is 0. The van der Waals surface area contributed by atoms with Crippen molar-refractivity contribution in [3.8, 4) is 0 Å². The van der Waals surface area contributed by atoms with E-state index in [9.17, 15) is 4.79 Å². The normalized spacial score (nSPS) is 14.0. The van der Waals surface area contributed by atoms with Gasteiger partial charge in [-0.05, 0) is 51.7 Å². The largest absolute Gasteiger partial charge is 0.368 e. The van der Waals surface area contributed by atoms with Crippen molar-refractivity contribution in [2.24, 2.45) is 0 Å². The van der Waals surface area contributed by atoms with Gasteiger partial charge in [-0.1, -0.05) is 6.07 Å². The van der Waals surface area contributed by atoms with Gasteiger partial charge in [-0.25, -0.2) is 9.97 Å². The van der Waals surface area contributed by atoms with Gasteiger partial charge in [0.1, 0.15) is 17.8 Å². The van der Waals surface area contributed by atoms with Crippen molar-refractivity contribution >= 4 is 11.7 Å². The smallest absolute Gasteiger partial charge is 0.282 e. The van der Waals surface area contributed by atoms with Gasteiger partial charge in [0.05, 0.1) is 5.69 Å². The Kier molecular flexibility index (Phi) is 3.73. The molecule has 0 bridgehead atoms. The molecule has 0 fully saturated rings. The molecule has 2 aromatic heterocycles. The number of hydrogen-bond donors (Lipinski definition) is 1. The van der Waals surface area contributed by atoms with E-state index < -0.39 is 0 Å². The highest BCUT2D eigenvalue weighted by atomic mass is 16.2. The fourth-order valence-corrected chi connectivity index (χ4v) is 2.70. The topological polar surface area (TPSA) is 59.8 Å². The van der Waals surface area contributed by atoms with Crippen LogP contribution in [0.3, 0.4) is 0 Å². The van der Waals surface area contributed by atoms with Crippen LogP contribution in [0.15, 0.2) is 24.5 Å². The van der Waals surface area contributed by atoms with E-state index in [1.165, 1.54) is 0 Å². The second kappa shape index (κ2) is 5.68. The van der Waals surface area contributed by atoms with Crippen molar-refractivity contribution in [3.05, 3.63) is 41.6 Å². The highest BCUT2D eigenvalue weighted by molar-refractivity contribution is 5.95. The molecule has 110 valence electrons. The summed E-state index contributed by atoms with van der Waals surface area (Å²) in [6.07, 6.45) is 5.81. The average molecular weight is 284 g/mol.